The second-order valence-corrected chi connectivity index (χ2v) is 5.76. The average molecular weight is 317 g/mol. The van der Waals surface area contributed by atoms with Gasteiger partial charge in [-0.1, -0.05) is 23.2 Å². The van der Waals surface area contributed by atoms with E-state index >= 15 is 0 Å². The van der Waals surface area contributed by atoms with Crippen LogP contribution in [0.25, 0.3) is 11.0 Å². The van der Waals surface area contributed by atoms with E-state index in [-0.39, 0.29) is 11.9 Å². The molecule has 0 spiro atoms. The summed E-state index contributed by atoms with van der Waals surface area (Å²) in [6, 6.07) is 1.35. The number of hydrogen-bond donors (Lipinski definition) is 1. The van der Waals surface area contributed by atoms with Crippen molar-refractivity contribution in [2.45, 2.75) is 12.5 Å². The minimum atomic E-state index is -0.270. The summed E-state index contributed by atoms with van der Waals surface area (Å²) in [4.78, 5) is 13.6. The Hall–Kier alpha value is -1.11. The van der Waals surface area contributed by atoms with Crippen LogP contribution in [0.3, 0.4) is 0 Å². The molecular formula is C11H10Cl2N4OS. The number of halogens is 2. The molecule has 1 saturated heterocycles. The molecule has 0 aliphatic carbocycles. The minimum absolute atomic E-state index is 0.0577. The highest BCUT2D eigenvalue weighted by Gasteiger charge is 2.30. The largest absolute Gasteiger partial charge is 0.371 e. The highest BCUT2D eigenvalue weighted by Crippen LogP contribution is 2.36. The predicted molar refractivity (Wildman–Crippen MR) is 77.1 cm³/mol. The molecular weight excluding hydrogens is 307 g/mol. The van der Waals surface area contributed by atoms with Crippen LogP contribution in [-0.2, 0) is 4.79 Å². The van der Waals surface area contributed by atoms with Gasteiger partial charge in [0.2, 0.25) is 5.91 Å². The van der Waals surface area contributed by atoms with Gasteiger partial charge in [-0.3, -0.25) is 4.79 Å². The summed E-state index contributed by atoms with van der Waals surface area (Å²) < 4.78 is 8.33. The van der Waals surface area contributed by atoms with Gasteiger partial charge < -0.3 is 10.2 Å². The summed E-state index contributed by atoms with van der Waals surface area (Å²) in [5.74, 6) is 0.0577. The number of nitrogens with one attached hydrogen (secondary N) is 1. The van der Waals surface area contributed by atoms with E-state index in [4.69, 9.17) is 23.2 Å². The van der Waals surface area contributed by atoms with E-state index in [1.165, 1.54) is 0 Å². The number of amides is 1. The molecule has 1 N–H and O–H groups in total. The molecule has 1 aromatic heterocycles. The zero-order valence-electron chi connectivity index (χ0n) is 9.98. The molecule has 1 amide bonds. The molecule has 1 aliphatic rings. The molecule has 2 heterocycles. The molecule has 8 heteroatoms. The standard InChI is InChI=1S/C11H10Cl2N4OS/c1-17-3-2-7(11(17)18)14-8-5(12)4-6(13)9-10(8)16-19-15-9/h4,7,14H,2-3H2,1H3. The van der Waals surface area contributed by atoms with E-state index < -0.39 is 0 Å². The highest BCUT2D eigenvalue weighted by molar-refractivity contribution is 7.00. The summed E-state index contributed by atoms with van der Waals surface area (Å²) in [6.07, 6.45) is 0.743. The second kappa shape index (κ2) is 4.77. The van der Waals surface area contributed by atoms with Gasteiger partial charge in [0.25, 0.3) is 0 Å². The van der Waals surface area contributed by atoms with Gasteiger partial charge in [-0.15, -0.1) is 0 Å². The lowest BCUT2D eigenvalue weighted by Crippen LogP contribution is -2.31. The summed E-state index contributed by atoms with van der Waals surface area (Å²) in [7, 11) is 1.79. The first-order valence-electron chi connectivity index (χ1n) is 5.69. The smallest absolute Gasteiger partial charge is 0.244 e. The van der Waals surface area contributed by atoms with Crippen molar-refractivity contribution in [3.8, 4) is 0 Å². The third-order valence-corrected chi connectivity index (χ3v) is 4.30. The fourth-order valence-electron chi connectivity index (χ4n) is 2.14. The molecule has 1 aromatic carbocycles. The quantitative estimate of drug-likeness (QED) is 0.925. The lowest BCUT2D eigenvalue weighted by atomic mass is 10.2. The number of likely N-dealkylation sites (tertiary alicyclic amines) is 1. The van der Waals surface area contributed by atoms with Crippen molar-refractivity contribution in [3.63, 3.8) is 0 Å². The summed E-state index contributed by atoms with van der Waals surface area (Å²) in [5.41, 5.74) is 1.85. The molecule has 2 aromatic rings. The molecule has 1 atom stereocenters. The van der Waals surface area contributed by atoms with Crippen LogP contribution in [0.15, 0.2) is 6.07 Å². The monoisotopic (exact) mass is 316 g/mol. The van der Waals surface area contributed by atoms with E-state index in [2.05, 4.69) is 14.1 Å². The number of hydrogen-bond acceptors (Lipinski definition) is 5. The Labute approximate surface area is 123 Å². The zero-order valence-corrected chi connectivity index (χ0v) is 12.3. The van der Waals surface area contributed by atoms with Gasteiger partial charge in [-0.25, -0.2) is 0 Å². The predicted octanol–water partition coefficient (Wildman–Crippen LogP) is 2.64. The molecule has 0 bridgehead atoms. The van der Waals surface area contributed by atoms with Gasteiger partial charge >= 0.3 is 0 Å². The van der Waals surface area contributed by atoms with E-state index in [0.29, 0.717) is 26.8 Å². The van der Waals surface area contributed by atoms with Crippen LogP contribution in [0.2, 0.25) is 10.0 Å². The number of likely N-dealkylation sites (N-methyl/N-ethyl adjacent to an activating group) is 1. The maximum atomic E-state index is 11.9. The first kappa shape index (κ1) is 12.9. The summed E-state index contributed by atoms with van der Waals surface area (Å²) >= 11 is 13.3. The number of carbonyl (C=O) groups excluding carboxylic acids is 1. The van der Waals surface area contributed by atoms with Crippen molar-refractivity contribution in [2.24, 2.45) is 0 Å². The number of aromatic nitrogens is 2. The Morgan fingerprint density at radius 3 is 2.79 bits per heavy atom. The van der Waals surface area contributed by atoms with E-state index in [9.17, 15) is 4.79 Å². The van der Waals surface area contributed by atoms with E-state index in [0.717, 1.165) is 24.7 Å². The molecule has 19 heavy (non-hydrogen) atoms. The number of rotatable bonds is 2. The third-order valence-electron chi connectivity index (χ3n) is 3.19. The third kappa shape index (κ3) is 2.13. The zero-order chi connectivity index (χ0) is 13.6. The van der Waals surface area contributed by atoms with Gasteiger partial charge in [0.05, 0.1) is 27.5 Å². The Morgan fingerprint density at radius 2 is 2.11 bits per heavy atom. The van der Waals surface area contributed by atoms with Crippen molar-refractivity contribution in [1.82, 2.24) is 13.6 Å². The van der Waals surface area contributed by atoms with Gasteiger partial charge in [-0.05, 0) is 12.5 Å². The summed E-state index contributed by atoms with van der Waals surface area (Å²) in [5, 5.41) is 4.09. The minimum Gasteiger partial charge on any atom is -0.371 e. The van der Waals surface area contributed by atoms with Crippen LogP contribution in [-0.4, -0.2) is 39.2 Å². The number of nitrogens with zero attached hydrogens (tertiary/aromatic N) is 3. The number of fused-ring (bicyclic) bond motifs is 1. The Bertz CT molecular complexity index is 659. The first-order valence-corrected chi connectivity index (χ1v) is 7.18. The Balaban J connectivity index is 2.01. The van der Waals surface area contributed by atoms with E-state index in [1.54, 1.807) is 18.0 Å². The van der Waals surface area contributed by atoms with Crippen molar-refractivity contribution < 1.29 is 4.79 Å². The van der Waals surface area contributed by atoms with Crippen LogP contribution in [0, 0.1) is 0 Å². The van der Waals surface area contributed by atoms with Crippen molar-refractivity contribution in [2.75, 3.05) is 18.9 Å². The lowest BCUT2D eigenvalue weighted by molar-refractivity contribution is -0.127. The average Bonchev–Trinajstić information content (AvgIpc) is 2.96. The molecule has 0 radical (unpaired) electrons. The van der Waals surface area contributed by atoms with Gasteiger partial charge in [0.1, 0.15) is 17.1 Å². The maximum Gasteiger partial charge on any atom is 0.244 e. The topological polar surface area (TPSA) is 58.1 Å². The summed E-state index contributed by atoms with van der Waals surface area (Å²) in [6.45, 7) is 0.736. The number of carbonyl (C=O) groups is 1. The molecule has 1 fully saturated rings. The van der Waals surface area contributed by atoms with Crippen LogP contribution in [0.4, 0.5) is 5.69 Å². The highest BCUT2D eigenvalue weighted by atomic mass is 35.5. The Morgan fingerprint density at radius 1 is 1.37 bits per heavy atom. The normalized spacial score (nSPS) is 19.4. The first-order chi connectivity index (χ1) is 9.08. The Kier molecular flexibility index (Phi) is 3.24. The molecule has 100 valence electrons. The molecule has 0 saturated carbocycles. The van der Waals surface area contributed by atoms with Crippen molar-refractivity contribution in [3.05, 3.63) is 16.1 Å². The number of anilines is 1. The molecule has 3 rings (SSSR count). The van der Waals surface area contributed by atoms with E-state index in [1.807, 2.05) is 0 Å². The second-order valence-electron chi connectivity index (χ2n) is 4.42. The van der Waals surface area contributed by atoms with Crippen LogP contribution in [0.5, 0.6) is 0 Å². The fourth-order valence-corrected chi connectivity index (χ4v) is 3.31. The van der Waals surface area contributed by atoms with Gasteiger partial charge in [0, 0.05) is 13.6 Å². The SMILES string of the molecule is CN1CCC(Nc2c(Cl)cc(Cl)c3nsnc23)C1=O. The van der Waals surface area contributed by atoms with Gasteiger partial charge in [-0.2, -0.15) is 8.75 Å². The van der Waals surface area contributed by atoms with Gasteiger partial charge in [0.15, 0.2) is 0 Å². The fraction of sp³-hybridized carbons (Fsp3) is 0.364. The van der Waals surface area contributed by atoms with Crippen molar-refractivity contribution >= 4 is 57.6 Å². The number of benzene rings is 1. The van der Waals surface area contributed by atoms with Crippen molar-refractivity contribution in [1.29, 1.82) is 0 Å². The molecule has 5 nitrogen and oxygen atoms in total. The maximum absolute atomic E-state index is 11.9. The van der Waals surface area contributed by atoms with Crippen LogP contribution in [0.1, 0.15) is 6.42 Å². The molecule has 1 aliphatic heterocycles. The lowest BCUT2D eigenvalue weighted by Gasteiger charge is -2.15. The van der Waals surface area contributed by atoms with Crippen LogP contribution < -0.4 is 5.32 Å². The van der Waals surface area contributed by atoms with Crippen LogP contribution >= 0.6 is 34.9 Å². The molecule has 1 unspecified atom stereocenters.